The van der Waals surface area contributed by atoms with Gasteiger partial charge in [0.2, 0.25) is 0 Å². The Bertz CT molecular complexity index is 530. The zero-order chi connectivity index (χ0) is 10.1. The lowest BCUT2D eigenvalue weighted by Gasteiger charge is -2.00. The number of pyridine rings is 1. The highest BCUT2D eigenvalue weighted by molar-refractivity contribution is 5.81. The average Bonchev–Trinajstić information content (AvgIpc) is 2.16. The van der Waals surface area contributed by atoms with Gasteiger partial charge in [0.15, 0.2) is 5.95 Å². The Morgan fingerprint density at radius 2 is 2.14 bits per heavy atom. The van der Waals surface area contributed by atoms with Gasteiger partial charge in [-0.15, -0.1) is 0 Å². The molecule has 0 spiro atoms. The zero-order valence-electron chi connectivity index (χ0n) is 7.80. The lowest BCUT2D eigenvalue weighted by molar-refractivity contribution is 0.582. The maximum atomic E-state index is 12.9. The summed E-state index contributed by atoms with van der Waals surface area (Å²) in [5, 5.41) is 1.19. The highest BCUT2D eigenvalue weighted by atomic mass is 19.1. The van der Waals surface area contributed by atoms with Crippen LogP contribution in [0, 0.1) is 5.95 Å². The lowest BCUT2D eigenvalue weighted by Crippen LogP contribution is -2.07. The lowest BCUT2D eigenvalue weighted by atomic mass is 10.1. The van der Waals surface area contributed by atoms with E-state index in [4.69, 9.17) is 0 Å². The number of aryl methyl sites for hydroxylation is 1. The van der Waals surface area contributed by atoms with Gasteiger partial charge >= 0.3 is 0 Å². The van der Waals surface area contributed by atoms with Crippen molar-refractivity contribution < 1.29 is 4.39 Å². The van der Waals surface area contributed by atoms with E-state index in [9.17, 15) is 9.18 Å². The minimum atomic E-state index is -0.587. The molecule has 0 aliphatic rings. The van der Waals surface area contributed by atoms with Crippen molar-refractivity contribution in [1.29, 1.82) is 0 Å². The van der Waals surface area contributed by atoms with E-state index < -0.39 is 5.95 Å². The van der Waals surface area contributed by atoms with Gasteiger partial charge in [0.05, 0.1) is 0 Å². The van der Waals surface area contributed by atoms with Crippen LogP contribution in [-0.4, -0.2) is 4.98 Å². The second-order valence-corrected chi connectivity index (χ2v) is 3.22. The Morgan fingerprint density at radius 1 is 1.36 bits per heavy atom. The Kier molecular flexibility index (Phi) is 2.08. The summed E-state index contributed by atoms with van der Waals surface area (Å²) < 4.78 is 12.9. The third kappa shape index (κ3) is 1.41. The standard InChI is InChI=1S/C11H10FNO/c1-2-7-3-4-9-8(5-7)6-10(12)13-11(9)14/h3-6H,2H2,1H3,(H,13,14). The van der Waals surface area contributed by atoms with Crippen molar-refractivity contribution in [2.24, 2.45) is 0 Å². The molecule has 2 nitrogen and oxygen atoms in total. The molecule has 0 unspecified atom stereocenters. The number of nitrogens with one attached hydrogen (secondary N) is 1. The van der Waals surface area contributed by atoms with Crippen LogP contribution in [0.25, 0.3) is 10.8 Å². The molecule has 72 valence electrons. The van der Waals surface area contributed by atoms with Crippen molar-refractivity contribution in [3.05, 3.63) is 46.1 Å². The van der Waals surface area contributed by atoms with Crippen molar-refractivity contribution in [3.63, 3.8) is 0 Å². The van der Waals surface area contributed by atoms with Crippen LogP contribution in [0.3, 0.4) is 0 Å². The maximum Gasteiger partial charge on any atom is 0.257 e. The van der Waals surface area contributed by atoms with Crippen LogP contribution in [0.15, 0.2) is 29.1 Å². The van der Waals surface area contributed by atoms with E-state index in [0.717, 1.165) is 12.0 Å². The normalized spacial score (nSPS) is 10.7. The second-order valence-electron chi connectivity index (χ2n) is 3.22. The van der Waals surface area contributed by atoms with Crippen molar-refractivity contribution in [3.8, 4) is 0 Å². The molecule has 1 aromatic carbocycles. The maximum absolute atomic E-state index is 12.9. The van der Waals surface area contributed by atoms with Crippen LogP contribution in [0.2, 0.25) is 0 Å². The van der Waals surface area contributed by atoms with Gasteiger partial charge in [-0.05, 0) is 29.5 Å². The Balaban J connectivity index is 2.82. The molecule has 0 saturated heterocycles. The van der Waals surface area contributed by atoms with Gasteiger partial charge in [0, 0.05) is 5.39 Å². The third-order valence-corrected chi connectivity index (χ3v) is 2.28. The summed E-state index contributed by atoms with van der Waals surface area (Å²) in [5.74, 6) is -0.587. The number of aromatic nitrogens is 1. The van der Waals surface area contributed by atoms with Crippen LogP contribution in [-0.2, 0) is 6.42 Å². The van der Waals surface area contributed by atoms with Crippen molar-refractivity contribution in [2.45, 2.75) is 13.3 Å². The molecule has 3 heteroatoms. The van der Waals surface area contributed by atoms with E-state index >= 15 is 0 Å². The first kappa shape index (κ1) is 8.94. The summed E-state index contributed by atoms with van der Waals surface area (Å²) in [4.78, 5) is 13.4. The van der Waals surface area contributed by atoms with Crippen LogP contribution in [0.4, 0.5) is 4.39 Å². The number of benzene rings is 1. The molecule has 1 heterocycles. The quantitative estimate of drug-likeness (QED) is 0.689. The highest BCUT2D eigenvalue weighted by Crippen LogP contribution is 2.13. The molecule has 14 heavy (non-hydrogen) atoms. The Morgan fingerprint density at radius 3 is 2.86 bits per heavy atom. The number of H-pyrrole nitrogens is 1. The van der Waals surface area contributed by atoms with Gasteiger partial charge in [-0.2, -0.15) is 4.39 Å². The minimum absolute atomic E-state index is 0.373. The molecule has 0 bridgehead atoms. The average molecular weight is 191 g/mol. The van der Waals surface area contributed by atoms with Crippen LogP contribution >= 0.6 is 0 Å². The van der Waals surface area contributed by atoms with E-state index in [0.29, 0.717) is 10.8 Å². The molecule has 1 aromatic heterocycles. The largest absolute Gasteiger partial charge is 0.298 e. The molecule has 0 saturated carbocycles. The molecule has 1 N–H and O–H groups in total. The first-order valence-electron chi connectivity index (χ1n) is 4.52. The topological polar surface area (TPSA) is 32.9 Å². The monoisotopic (exact) mass is 191 g/mol. The molecule has 0 amide bonds. The predicted molar refractivity (Wildman–Crippen MR) is 53.9 cm³/mol. The fourth-order valence-corrected chi connectivity index (χ4v) is 1.51. The molecule has 0 radical (unpaired) electrons. The molecule has 0 aliphatic heterocycles. The summed E-state index contributed by atoms with van der Waals surface area (Å²) in [5.41, 5.74) is 0.727. The SMILES string of the molecule is CCc1ccc2c(=O)[nH]c(F)cc2c1. The molecule has 0 atom stereocenters. The van der Waals surface area contributed by atoms with Crippen LogP contribution < -0.4 is 5.56 Å². The molecule has 2 aromatic rings. The summed E-state index contributed by atoms with van der Waals surface area (Å²) >= 11 is 0. The smallest absolute Gasteiger partial charge is 0.257 e. The van der Waals surface area contributed by atoms with Gasteiger partial charge in [-0.25, -0.2) is 0 Å². The number of halogens is 1. The van der Waals surface area contributed by atoms with Crippen LogP contribution in [0.1, 0.15) is 12.5 Å². The zero-order valence-corrected chi connectivity index (χ0v) is 7.80. The van der Waals surface area contributed by atoms with Gasteiger partial charge in [-0.3, -0.25) is 9.78 Å². The van der Waals surface area contributed by atoms with Crippen molar-refractivity contribution in [2.75, 3.05) is 0 Å². The Labute approximate surface area is 80.4 Å². The number of fused-ring (bicyclic) bond motifs is 1. The van der Waals surface area contributed by atoms with Crippen molar-refractivity contribution >= 4 is 10.8 Å². The van der Waals surface area contributed by atoms with E-state index in [2.05, 4.69) is 4.98 Å². The van der Waals surface area contributed by atoms with Gasteiger partial charge in [-0.1, -0.05) is 19.1 Å². The van der Waals surface area contributed by atoms with E-state index in [1.165, 1.54) is 6.07 Å². The second kappa shape index (κ2) is 3.25. The van der Waals surface area contributed by atoms with Crippen LogP contribution in [0.5, 0.6) is 0 Å². The molecule has 0 aliphatic carbocycles. The van der Waals surface area contributed by atoms with Gasteiger partial charge in [0.1, 0.15) is 0 Å². The third-order valence-electron chi connectivity index (χ3n) is 2.28. The minimum Gasteiger partial charge on any atom is -0.298 e. The van der Waals surface area contributed by atoms with Crippen molar-refractivity contribution in [1.82, 2.24) is 4.98 Å². The number of hydrogen-bond acceptors (Lipinski definition) is 1. The number of hydrogen-bond donors (Lipinski definition) is 1. The molecular weight excluding hydrogens is 181 g/mol. The molecular formula is C11H10FNO. The van der Waals surface area contributed by atoms with Gasteiger partial charge in [0.25, 0.3) is 5.56 Å². The fraction of sp³-hybridized carbons (Fsp3) is 0.182. The van der Waals surface area contributed by atoms with E-state index in [1.807, 2.05) is 19.1 Å². The molecule has 0 fully saturated rings. The van der Waals surface area contributed by atoms with Gasteiger partial charge < -0.3 is 0 Å². The first-order valence-corrected chi connectivity index (χ1v) is 4.52. The summed E-state index contributed by atoms with van der Waals surface area (Å²) in [6.07, 6.45) is 0.879. The first-order chi connectivity index (χ1) is 6.70. The molecule has 2 rings (SSSR count). The summed E-state index contributed by atoms with van der Waals surface area (Å²) in [6.45, 7) is 2.02. The van der Waals surface area contributed by atoms with E-state index in [-0.39, 0.29) is 5.56 Å². The number of rotatable bonds is 1. The highest BCUT2D eigenvalue weighted by Gasteiger charge is 2.01. The summed E-state index contributed by atoms with van der Waals surface area (Å²) in [6, 6.07) is 6.80. The predicted octanol–water partition coefficient (Wildman–Crippen LogP) is 2.23. The van der Waals surface area contributed by atoms with E-state index in [1.54, 1.807) is 6.07 Å². The fourth-order valence-electron chi connectivity index (χ4n) is 1.51. The number of aromatic amines is 1. The summed E-state index contributed by atoms with van der Waals surface area (Å²) in [7, 11) is 0. The Hall–Kier alpha value is -1.64.